The van der Waals surface area contributed by atoms with Crippen LogP contribution < -0.4 is 10.1 Å². The van der Waals surface area contributed by atoms with Gasteiger partial charge in [-0.15, -0.1) is 0 Å². The van der Waals surface area contributed by atoms with Crippen LogP contribution in [0.15, 0.2) is 42.6 Å². The van der Waals surface area contributed by atoms with Crippen molar-refractivity contribution < 1.29 is 4.74 Å². The lowest BCUT2D eigenvalue weighted by Gasteiger charge is -2.14. The van der Waals surface area contributed by atoms with Crippen molar-refractivity contribution in [2.45, 2.75) is 26.4 Å². The molecule has 19 heavy (non-hydrogen) atoms. The van der Waals surface area contributed by atoms with E-state index < -0.39 is 0 Å². The number of methoxy groups -OCH3 is 1. The van der Waals surface area contributed by atoms with Gasteiger partial charge in [0.25, 0.3) is 0 Å². The molecule has 0 bridgehead atoms. The van der Waals surface area contributed by atoms with Gasteiger partial charge in [-0.25, -0.2) is 0 Å². The van der Waals surface area contributed by atoms with Crippen LogP contribution in [0.2, 0.25) is 0 Å². The molecule has 0 radical (unpaired) electrons. The van der Waals surface area contributed by atoms with Gasteiger partial charge < -0.3 is 10.1 Å². The van der Waals surface area contributed by atoms with Crippen LogP contribution in [0.4, 0.5) is 0 Å². The predicted molar refractivity (Wildman–Crippen MR) is 77.2 cm³/mol. The van der Waals surface area contributed by atoms with E-state index >= 15 is 0 Å². The van der Waals surface area contributed by atoms with Gasteiger partial charge >= 0.3 is 0 Å². The van der Waals surface area contributed by atoms with Crippen LogP contribution in [-0.2, 0) is 6.54 Å². The number of hydrogen-bond donors (Lipinski definition) is 1. The average molecular weight is 256 g/mol. The molecule has 0 saturated carbocycles. The fourth-order valence-corrected chi connectivity index (χ4v) is 1.87. The smallest absolute Gasteiger partial charge is 0.118 e. The van der Waals surface area contributed by atoms with E-state index in [1.54, 1.807) is 7.11 Å². The maximum absolute atomic E-state index is 5.16. The molecule has 0 amide bonds. The van der Waals surface area contributed by atoms with Crippen molar-refractivity contribution in [1.82, 2.24) is 10.3 Å². The molecule has 0 fully saturated rings. The summed E-state index contributed by atoms with van der Waals surface area (Å²) >= 11 is 0. The largest absolute Gasteiger partial charge is 0.497 e. The predicted octanol–water partition coefficient (Wildman–Crippen LogP) is 3.25. The van der Waals surface area contributed by atoms with E-state index in [2.05, 4.69) is 41.5 Å². The van der Waals surface area contributed by atoms with Gasteiger partial charge in [0.15, 0.2) is 0 Å². The summed E-state index contributed by atoms with van der Waals surface area (Å²) in [7, 11) is 1.68. The molecule has 2 aromatic rings. The molecule has 2 rings (SSSR count). The molecule has 1 aromatic carbocycles. The minimum absolute atomic E-state index is 0.286. The molecule has 1 N–H and O–H groups in total. The van der Waals surface area contributed by atoms with Crippen molar-refractivity contribution in [1.29, 1.82) is 0 Å². The maximum Gasteiger partial charge on any atom is 0.118 e. The Hall–Kier alpha value is -1.87. The summed E-state index contributed by atoms with van der Waals surface area (Å²) in [5, 5.41) is 3.47. The van der Waals surface area contributed by atoms with Crippen LogP contribution in [0, 0.1) is 6.92 Å². The van der Waals surface area contributed by atoms with Crippen molar-refractivity contribution in [3.05, 3.63) is 59.4 Å². The normalized spacial score (nSPS) is 12.2. The first-order valence-corrected chi connectivity index (χ1v) is 6.48. The van der Waals surface area contributed by atoms with Gasteiger partial charge in [-0.1, -0.05) is 18.2 Å². The van der Waals surface area contributed by atoms with Crippen LogP contribution >= 0.6 is 0 Å². The lowest BCUT2D eigenvalue weighted by atomic mass is 10.1. The van der Waals surface area contributed by atoms with Crippen molar-refractivity contribution in [3.8, 4) is 5.75 Å². The van der Waals surface area contributed by atoms with E-state index in [1.165, 1.54) is 11.1 Å². The monoisotopic (exact) mass is 256 g/mol. The zero-order chi connectivity index (χ0) is 13.7. The molecule has 0 aliphatic carbocycles. The number of nitrogens with zero attached hydrogens (tertiary/aromatic N) is 1. The Morgan fingerprint density at radius 1 is 1.16 bits per heavy atom. The van der Waals surface area contributed by atoms with E-state index in [1.807, 2.05) is 25.3 Å². The molecule has 1 atom stereocenters. The standard InChI is InChI=1S/C16H20N2O/c1-12-4-7-15(18-10-12)11-17-13(2)14-5-8-16(19-3)9-6-14/h4-10,13,17H,11H2,1-3H3/t13-/m1/s1. The fourth-order valence-electron chi connectivity index (χ4n) is 1.87. The molecule has 0 saturated heterocycles. The molecule has 0 aliphatic heterocycles. The highest BCUT2D eigenvalue weighted by atomic mass is 16.5. The quantitative estimate of drug-likeness (QED) is 0.891. The highest BCUT2D eigenvalue weighted by Crippen LogP contribution is 2.17. The lowest BCUT2D eigenvalue weighted by Crippen LogP contribution is -2.18. The van der Waals surface area contributed by atoms with Gasteiger partial charge in [0.1, 0.15) is 5.75 Å². The van der Waals surface area contributed by atoms with Crippen LogP contribution in [-0.4, -0.2) is 12.1 Å². The number of ether oxygens (including phenoxy) is 1. The lowest BCUT2D eigenvalue weighted by molar-refractivity contribution is 0.414. The van der Waals surface area contributed by atoms with Gasteiger partial charge in [-0.2, -0.15) is 0 Å². The summed E-state index contributed by atoms with van der Waals surface area (Å²) < 4.78 is 5.16. The van der Waals surface area contributed by atoms with Crippen LogP contribution in [0.25, 0.3) is 0 Å². The topological polar surface area (TPSA) is 34.1 Å². The molecule has 0 aliphatic rings. The summed E-state index contributed by atoms with van der Waals surface area (Å²) in [5.74, 6) is 0.885. The number of benzene rings is 1. The third kappa shape index (κ3) is 3.80. The van der Waals surface area contributed by atoms with Crippen LogP contribution in [0.1, 0.15) is 29.8 Å². The summed E-state index contributed by atoms with van der Waals surface area (Å²) in [6.45, 7) is 4.97. The second kappa shape index (κ2) is 6.34. The first-order chi connectivity index (χ1) is 9.19. The van der Waals surface area contributed by atoms with Crippen LogP contribution in [0.5, 0.6) is 5.75 Å². The summed E-state index contributed by atoms with van der Waals surface area (Å²) in [5.41, 5.74) is 3.49. The Balaban J connectivity index is 1.93. The van der Waals surface area contributed by atoms with Gasteiger partial charge in [0, 0.05) is 18.8 Å². The van der Waals surface area contributed by atoms with Gasteiger partial charge in [0.2, 0.25) is 0 Å². The van der Waals surface area contributed by atoms with E-state index in [4.69, 9.17) is 4.74 Å². The van der Waals surface area contributed by atoms with E-state index in [-0.39, 0.29) is 6.04 Å². The highest BCUT2D eigenvalue weighted by molar-refractivity contribution is 5.28. The van der Waals surface area contributed by atoms with Crippen molar-refractivity contribution >= 4 is 0 Å². The molecule has 100 valence electrons. The number of aromatic nitrogens is 1. The van der Waals surface area contributed by atoms with Crippen molar-refractivity contribution in [2.75, 3.05) is 7.11 Å². The molecule has 1 aromatic heterocycles. The molecule has 0 spiro atoms. The minimum Gasteiger partial charge on any atom is -0.497 e. The molecule has 3 heteroatoms. The number of nitrogens with one attached hydrogen (secondary N) is 1. The maximum atomic E-state index is 5.16. The minimum atomic E-state index is 0.286. The average Bonchev–Trinajstić information content (AvgIpc) is 2.46. The first-order valence-electron chi connectivity index (χ1n) is 6.48. The third-order valence-corrected chi connectivity index (χ3v) is 3.18. The molecular formula is C16H20N2O. The van der Waals surface area contributed by atoms with Crippen LogP contribution in [0.3, 0.4) is 0 Å². The number of hydrogen-bond acceptors (Lipinski definition) is 3. The Morgan fingerprint density at radius 3 is 2.47 bits per heavy atom. The highest BCUT2D eigenvalue weighted by Gasteiger charge is 2.05. The zero-order valence-corrected chi connectivity index (χ0v) is 11.7. The van der Waals surface area contributed by atoms with Gasteiger partial charge in [-0.3, -0.25) is 4.98 Å². The number of aryl methyl sites for hydroxylation is 1. The second-order valence-corrected chi connectivity index (χ2v) is 4.70. The SMILES string of the molecule is COc1ccc([C@@H](C)NCc2ccc(C)cn2)cc1. The summed E-state index contributed by atoms with van der Waals surface area (Å²) in [6.07, 6.45) is 1.90. The van der Waals surface area contributed by atoms with Gasteiger partial charge in [0.05, 0.1) is 12.8 Å². The number of pyridine rings is 1. The third-order valence-electron chi connectivity index (χ3n) is 3.18. The van der Waals surface area contributed by atoms with Crippen molar-refractivity contribution in [2.24, 2.45) is 0 Å². The van der Waals surface area contributed by atoms with E-state index in [0.717, 1.165) is 18.0 Å². The first kappa shape index (κ1) is 13.6. The molecule has 3 nitrogen and oxygen atoms in total. The molecular weight excluding hydrogens is 236 g/mol. The molecule has 0 unspecified atom stereocenters. The fraction of sp³-hybridized carbons (Fsp3) is 0.312. The zero-order valence-electron chi connectivity index (χ0n) is 11.7. The Kier molecular flexibility index (Phi) is 4.53. The second-order valence-electron chi connectivity index (χ2n) is 4.70. The van der Waals surface area contributed by atoms with Gasteiger partial charge in [-0.05, 0) is 43.2 Å². The Morgan fingerprint density at radius 2 is 1.89 bits per heavy atom. The summed E-state index contributed by atoms with van der Waals surface area (Å²) in [4.78, 5) is 4.39. The number of rotatable bonds is 5. The molecule has 1 heterocycles. The van der Waals surface area contributed by atoms with E-state index in [9.17, 15) is 0 Å². The Labute approximate surface area is 114 Å². The Bertz CT molecular complexity index is 505. The summed E-state index contributed by atoms with van der Waals surface area (Å²) in [6, 6.07) is 12.6. The van der Waals surface area contributed by atoms with E-state index in [0.29, 0.717) is 0 Å². The van der Waals surface area contributed by atoms with Crippen molar-refractivity contribution in [3.63, 3.8) is 0 Å².